The van der Waals surface area contributed by atoms with Gasteiger partial charge in [-0.25, -0.2) is 0 Å². The number of ketones is 1. The Bertz CT molecular complexity index is 638. The van der Waals surface area contributed by atoms with Crippen LogP contribution >= 0.6 is 0 Å². The number of primary amides is 1. The van der Waals surface area contributed by atoms with E-state index in [4.69, 9.17) is 10.5 Å². The summed E-state index contributed by atoms with van der Waals surface area (Å²) < 4.78 is 5.25. The summed E-state index contributed by atoms with van der Waals surface area (Å²) in [4.78, 5) is 33.8. The fourth-order valence-electron chi connectivity index (χ4n) is 2.59. The Labute approximate surface area is 133 Å². The Kier molecular flexibility index (Phi) is 4.95. The van der Waals surface area contributed by atoms with E-state index in [1.54, 1.807) is 0 Å². The van der Waals surface area contributed by atoms with Crippen molar-refractivity contribution in [2.75, 3.05) is 25.1 Å². The number of anilines is 1. The first-order valence-electron chi connectivity index (χ1n) is 7.27. The molecule has 0 aliphatic carbocycles. The maximum Gasteiger partial charge on any atom is 0.293 e. The van der Waals surface area contributed by atoms with E-state index in [0.29, 0.717) is 26.1 Å². The molecule has 1 amide bonds. The number of carbonyl (C=O) groups excluding carboxylic acids is 2. The van der Waals surface area contributed by atoms with E-state index in [2.05, 4.69) is 5.32 Å². The van der Waals surface area contributed by atoms with Crippen LogP contribution < -0.4 is 11.1 Å². The summed E-state index contributed by atoms with van der Waals surface area (Å²) in [6.45, 7) is 2.38. The minimum absolute atomic E-state index is 0.186. The number of nitrogens with two attached hydrogens (primary N) is 1. The zero-order chi connectivity index (χ0) is 17.0. The van der Waals surface area contributed by atoms with E-state index in [-0.39, 0.29) is 29.3 Å². The van der Waals surface area contributed by atoms with Crippen molar-refractivity contribution in [1.82, 2.24) is 0 Å². The van der Waals surface area contributed by atoms with Crippen LogP contribution in [0.2, 0.25) is 0 Å². The van der Waals surface area contributed by atoms with Gasteiger partial charge in [0.2, 0.25) is 5.91 Å². The molecule has 0 atom stereocenters. The number of ether oxygens (including phenoxy) is 1. The topological polar surface area (TPSA) is 125 Å². The van der Waals surface area contributed by atoms with E-state index in [1.807, 2.05) is 0 Å². The van der Waals surface area contributed by atoms with Crippen molar-refractivity contribution in [2.45, 2.75) is 19.8 Å². The molecular formula is C15H19N3O5. The Morgan fingerprint density at radius 1 is 1.39 bits per heavy atom. The first kappa shape index (κ1) is 16.9. The number of nitrogens with zero attached hydrogens (tertiary/aromatic N) is 1. The molecular weight excluding hydrogens is 302 g/mol. The second kappa shape index (κ2) is 6.74. The molecule has 1 aliphatic rings. The van der Waals surface area contributed by atoms with Crippen molar-refractivity contribution in [3.05, 3.63) is 33.9 Å². The lowest BCUT2D eigenvalue weighted by Gasteiger charge is -2.34. The van der Waals surface area contributed by atoms with E-state index in [1.165, 1.54) is 25.1 Å². The number of hydrogen-bond donors (Lipinski definition) is 2. The lowest BCUT2D eigenvalue weighted by molar-refractivity contribution is -0.384. The number of nitro groups is 1. The minimum Gasteiger partial charge on any atom is -0.381 e. The highest BCUT2D eigenvalue weighted by Crippen LogP contribution is 2.32. The number of carbonyl (C=O) groups is 2. The average Bonchev–Trinajstić information content (AvgIpc) is 2.53. The quantitative estimate of drug-likeness (QED) is 0.464. The first-order chi connectivity index (χ1) is 10.9. The molecule has 0 saturated carbocycles. The van der Waals surface area contributed by atoms with Gasteiger partial charge in [-0.15, -0.1) is 0 Å². The first-order valence-corrected chi connectivity index (χ1v) is 7.27. The van der Waals surface area contributed by atoms with E-state index in [9.17, 15) is 19.7 Å². The standard InChI is InChI=1S/C15H19N3O5/c1-10(19)11-2-3-12(13(8-11)18(21)22)17-9-15(14(16)20)4-6-23-7-5-15/h2-3,8,17H,4-7,9H2,1H3,(H2,16,20). The molecule has 0 aromatic heterocycles. The van der Waals surface area contributed by atoms with Gasteiger partial charge in [0.15, 0.2) is 5.78 Å². The summed E-state index contributed by atoms with van der Waals surface area (Å²) in [7, 11) is 0. The SMILES string of the molecule is CC(=O)c1ccc(NCC2(C(N)=O)CCOCC2)c([N+](=O)[O-])c1. The zero-order valence-corrected chi connectivity index (χ0v) is 12.8. The van der Waals surface area contributed by atoms with Crippen molar-refractivity contribution < 1.29 is 19.2 Å². The molecule has 0 bridgehead atoms. The van der Waals surface area contributed by atoms with Gasteiger partial charge in [-0.2, -0.15) is 0 Å². The molecule has 8 heteroatoms. The molecule has 1 aliphatic heterocycles. The third-order valence-electron chi connectivity index (χ3n) is 4.19. The van der Waals surface area contributed by atoms with Crippen LogP contribution in [0.4, 0.5) is 11.4 Å². The molecule has 0 radical (unpaired) electrons. The van der Waals surface area contributed by atoms with Crippen LogP contribution in [0.25, 0.3) is 0 Å². The second-order valence-electron chi connectivity index (χ2n) is 5.66. The lowest BCUT2D eigenvalue weighted by Crippen LogP contribution is -2.46. The fraction of sp³-hybridized carbons (Fsp3) is 0.467. The summed E-state index contributed by atoms with van der Waals surface area (Å²) in [6.07, 6.45) is 0.934. The Morgan fingerprint density at radius 3 is 2.57 bits per heavy atom. The molecule has 0 spiro atoms. The maximum absolute atomic E-state index is 11.8. The molecule has 124 valence electrons. The maximum atomic E-state index is 11.8. The van der Waals surface area contributed by atoms with Crippen LogP contribution in [0, 0.1) is 15.5 Å². The zero-order valence-electron chi connectivity index (χ0n) is 12.8. The van der Waals surface area contributed by atoms with Gasteiger partial charge in [-0.3, -0.25) is 19.7 Å². The van der Waals surface area contributed by atoms with Crippen molar-refractivity contribution >= 4 is 23.1 Å². The van der Waals surface area contributed by atoms with Gasteiger partial charge in [-0.05, 0) is 31.9 Å². The summed E-state index contributed by atoms with van der Waals surface area (Å²) >= 11 is 0. The molecule has 1 aromatic carbocycles. The predicted octanol–water partition coefficient (Wildman–Crippen LogP) is 1.49. The van der Waals surface area contributed by atoms with Crippen LogP contribution in [-0.4, -0.2) is 36.4 Å². The highest BCUT2D eigenvalue weighted by Gasteiger charge is 2.38. The average molecular weight is 321 g/mol. The van der Waals surface area contributed by atoms with Gasteiger partial charge in [0.05, 0.1) is 10.3 Å². The Morgan fingerprint density at radius 2 is 2.04 bits per heavy atom. The Balaban J connectivity index is 2.23. The summed E-state index contributed by atoms with van der Waals surface area (Å²) in [5.74, 6) is -0.700. The molecule has 2 rings (SSSR count). The summed E-state index contributed by atoms with van der Waals surface area (Å²) in [6, 6.07) is 4.22. The van der Waals surface area contributed by atoms with Crippen molar-refractivity contribution in [2.24, 2.45) is 11.1 Å². The van der Waals surface area contributed by atoms with Crippen molar-refractivity contribution in [1.29, 1.82) is 0 Å². The van der Waals surface area contributed by atoms with Crippen LogP contribution in [0.1, 0.15) is 30.1 Å². The third kappa shape index (κ3) is 3.65. The number of hydrogen-bond acceptors (Lipinski definition) is 6. The number of rotatable bonds is 6. The van der Waals surface area contributed by atoms with Crippen molar-refractivity contribution in [3.63, 3.8) is 0 Å². The van der Waals surface area contributed by atoms with Gasteiger partial charge in [0.1, 0.15) is 5.69 Å². The van der Waals surface area contributed by atoms with Crippen LogP contribution in [0.5, 0.6) is 0 Å². The predicted molar refractivity (Wildman–Crippen MR) is 83.3 cm³/mol. The van der Waals surface area contributed by atoms with Gasteiger partial charge in [0.25, 0.3) is 5.69 Å². The van der Waals surface area contributed by atoms with E-state index in [0.717, 1.165) is 0 Å². The van der Waals surface area contributed by atoms with E-state index >= 15 is 0 Å². The van der Waals surface area contributed by atoms with Crippen LogP contribution in [-0.2, 0) is 9.53 Å². The monoisotopic (exact) mass is 321 g/mol. The summed E-state index contributed by atoms with van der Waals surface area (Å²) in [5.41, 5.74) is 5.04. The molecule has 8 nitrogen and oxygen atoms in total. The lowest BCUT2D eigenvalue weighted by atomic mass is 9.79. The second-order valence-corrected chi connectivity index (χ2v) is 5.66. The van der Waals surface area contributed by atoms with Gasteiger partial charge >= 0.3 is 0 Å². The highest BCUT2D eigenvalue weighted by atomic mass is 16.6. The number of nitrogens with one attached hydrogen (secondary N) is 1. The van der Waals surface area contributed by atoms with Crippen molar-refractivity contribution in [3.8, 4) is 0 Å². The van der Waals surface area contributed by atoms with Gasteiger partial charge in [-0.1, -0.05) is 0 Å². The van der Waals surface area contributed by atoms with Crippen LogP contribution in [0.3, 0.4) is 0 Å². The molecule has 1 saturated heterocycles. The third-order valence-corrected chi connectivity index (χ3v) is 4.19. The largest absolute Gasteiger partial charge is 0.381 e. The van der Waals surface area contributed by atoms with Gasteiger partial charge in [0, 0.05) is 31.4 Å². The molecule has 23 heavy (non-hydrogen) atoms. The highest BCUT2D eigenvalue weighted by molar-refractivity contribution is 5.95. The fourth-order valence-corrected chi connectivity index (χ4v) is 2.59. The number of amides is 1. The molecule has 3 N–H and O–H groups in total. The number of nitro benzene ring substituents is 1. The molecule has 0 unspecified atom stereocenters. The molecule has 1 aromatic rings. The molecule has 1 heterocycles. The van der Waals surface area contributed by atoms with E-state index < -0.39 is 16.2 Å². The van der Waals surface area contributed by atoms with Gasteiger partial charge < -0.3 is 15.8 Å². The smallest absolute Gasteiger partial charge is 0.293 e. The molecule has 1 fully saturated rings. The normalized spacial score (nSPS) is 16.6. The Hall–Kier alpha value is -2.48. The van der Waals surface area contributed by atoms with Crippen LogP contribution in [0.15, 0.2) is 18.2 Å². The summed E-state index contributed by atoms with van der Waals surface area (Å²) in [5, 5.41) is 14.1. The minimum atomic E-state index is -0.786. The number of Topliss-reactive ketones (excluding diaryl/α,β-unsaturated/α-hetero) is 1. The number of benzene rings is 1.